The van der Waals surface area contributed by atoms with Crippen LogP contribution in [-0.4, -0.2) is 12.0 Å². The normalized spacial score (nSPS) is 11.4. The van der Waals surface area contributed by atoms with Crippen molar-refractivity contribution in [2.24, 2.45) is 0 Å². The molecule has 2 aromatic carbocycles. The highest BCUT2D eigenvalue weighted by Gasteiger charge is 2.16. The molecule has 0 amide bonds. The summed E-state index contributed by atoms with van der Waals surface area (Å²) >= 11 is 1.68. The van der Waals surface area contributed by atoms with Crippen LogP contribution in [0.4, 0.5) is 0 Å². The summed E-state index contributed by atoms with van der Waals surface area (Å²) in [5.41, 5.74) is 2.74. The predicted octanol–water partition coefficient (Wildman–Crippen LogP) is 4.94. The summed E-state index contributed by atoms with van der Waals surface area (Å²) in [6, 6.07) is 15.7. The van der Waals surface area contributed by atoms with E-state index in [1.165, 1.54) is 10.5 Å². The Morgan fingerprint density at radius 1 is 0.950 bits per heavy atom. The molecule has 0 heterocycles. The second-order valence-corrected chi connectivity index (χ2v) is 6.77. The zero-order valence-corrected chi connectivity index (χ0v) is 13.3. The van der Waals surface area contributed by atoms with Crippen molar-refractivity contribution in [3.8, 4) is 0 Å². The van der Waals surface area contributed by atoms with Crippen LogP contribution < -0.4 is 0 Å². The number of thioether (sulfide) groups is 1. The SMILES string of the molecule is CSc1ccc(C(=O)c2cccc(C(C)(C)C)c2)cc1. The lowest BCUT2D eigenvalue weighted by atomic mass is 9.85. The van der Waals surface area contributed by atoms with Gasteiger partial charge in [0.2, 0.25) is 0 Å². The predicted molar refractivity (Wildman–Crippen MR) is 86.8 cm³/mol. The Morgan fingerprint density at radius 2 is 1.60 bits per heavy atom. The Labute approximate surface area is 125 Å². The molecule has 0 saturated carbocycles. The van der Waals surface area contributed by atoms with Gasteiger partial charge in [-0.3, -0.25) is 4.79 Å². The van der Waals surface area contributed by atoms with Crippen molar-refractivity contribution in [3.05, 3.63) is 65.2 Å². The minimum Gasteiger partial charge on any atom is -0.289 e. The fourth-order valence-electron chi connectivity index (χ4n) is 2.04. The summed E-state index contributed by atoms with van der Waals surface area (Å²) in [7, 11) is 0. The van der Waals surface area contributed by atoms with E-state index in [1.54, 1.807) is 11.8 Å². The molecule has 0 aliphatic carbocycles. The molecule has 104 valence electrons. The second kappa shape index (κ2) is 5.84. The van der Waals surface area contributed by atoms with Crippen LogP contribution in [0.3, 0.4) is 0 Å². The van der Waals surface area contributed by atoms with E-state index in [9.17, 15) is 4.79 Å². The first kappa shape index (κ1) is 14.9. The topological polar surface area (TPSA) is 17.1 Å². The summed E-state index contributed by atoms with van der Waals surface area (Å²) in [6.45, 7) is 6.47. The highest BCUT2D eigenvalue weighted by Crippen LogP contribution is 2.24. The van der Waals surface area contributed by atoms with Crippen molar-refractivity contribution in [3.63, 3.8) is 0 Å². The van der Waals surface area contributed by atoms with Crippen molar-refractivity contribution in [2.45, 2.75) is 31.1 Å². The highest BCUT2D eigenvalue weighted by molar-refractivity contribution is 7.98. The van der Waals surface area contributed by atoms with Gasteiger partial charge in [0.25, 0.3) is 0 Å². The van der Waals surface area contributed by atoms with Gasteiger partial charge < -0.3 is 0 Å². The first-order valence-corrected chi connectivity index (χ1v) is 7.93. The summed E-state index contributed by atoms with van der Waals surface area (Å²) in [5.74, 6) is 0.0868. The summed E-state index contributed by atoms with van der Waals surface area (Å²) in [4.78, 5) is 13.7. The number of carbonyl (C=O) groups is 1. The van der Waals surface area contributed by atoms with Gasteiger partial charge in [-0.25, -0.2) is 0 Å². The van der Waals surface area contributed by atoms with Crippen LogP contribution in [0.1, 0.15) is 42.3 Å². The first-order valence-electron chi connectivity index (χ1n) is 6.71. The smallest absolute Gasteiger partial charge is 0.193 e. The number of ketones is 1. The van der Waals surface area contributed by atoms with Crippen LogP contribution in [0, 0.1) is 0 Å². The Kier molecular flexibility index (Phi) is 4.34. The van der Waals surface area contributed by atoms with E-state index < -0.39 is 0 Å². The molecule has 0 radical (unpaired) electrons. The van der Waals surface area contributed by atoms with Gasteiger partial charge >= 0.3 is 0 Å². The van der Waals surface area contributed by atoms with Gasteiger partial charge in [-0.2, -0.15) is 0 Å². The number of carbonyl (C=O) groups excluding carboxylic acids is 1. The Balaban J connectivity index is 2.33. The molecule has 0 aliphatic rings. The van der Waals surface area contributed by atoms with E-state index in [0.29, 0.717) is 0 Å². The Morgan fingerprint density at radius 3 is 2.15 bits per heavy atom. The molecule has 0 aliphatic heterocycles. The van der Waals surface area contributed by atoms with E-state index in [-0.39, 0.29) is 11.2 Å². The van der Waals surface area contributed by atoms with E-state index >= 15 is 0 Å². The molecule has 1 nitrogen and oxygen atoms in total. The van der Waals surface area contributed by atoms with Gasteiger partial charge in [-0.1, -0.05) is 39.0 Å². The maximum atomic E-state index is 12.5. The average Bonchev–Trinajstić information content (AvgIpc) is 2.46. The van der Waals surface area contributed by atoms with E-state index in [2.05, 4.69) is 26.8 Å². The lowest BCUT2D eigenvalue weighted by molar-refractivity contribution is 0.103. The minimum atomic E-state index is 0.0546. The highest BCUT2D eigenvalue weighted by atomic mass is 32.2. The molecule has 0 spiro atoms. The van der Waals surface area contributed by atoms with Crippen molar-refractivity contribution in [1.29, 1.82) is 0 Å². The van der Waals surface area contributed by atoms with Gasteiger partial charge in [0.15, 0.2) is 5.78 Å². The van der Waals surface area contributed by atoms with E-state index in [1.807, 2.05) is 48.7 Å². The molecular weight excluding hydrogens is 264 g/mol. The third kappa shape index (κ3) is 3.31. The summed E-state index contributed by atoms with van der Waals surface area (Å²) in [6.07, 6.45) is 2.03. The molecule has 2 aromatic rings. The van der Waals surface area contributed by atoms with Crippen LogP contribution in [-0.2, 0) is 5.41 Å². The number of hydrogen-bond donors (Lipinski definition) is 0. The molecule has 2 heteroatoms. The number of hydrogen-bond acceptors (Lipinski definition) is 2. The van der Waals surface area contributed by atoms with Crippen molar-refractivity contribution in [2.75, 3.05) is 6.26 Å². The quantitative estimate of drug-likeness (QED) is 0.587. The molecule has 0 N–H and O–H groups in total. The average molecular weight is 284 g/mol. The molecule has 0 saturated heterocycles. The zero-order valence-electron chi connectivity index (χ0n) is 12.4. The van der Waals surface area contributed by atoms with Gasteiger partial charge in [0.05, 0.1) is 0 Å². The second-order valence-electron chi connectivity index (χ2n) is 5.89. The van der Waals surface area contributed by atoms with Gasteiger partial charge in [-0.15, -0.1) is 11.8 Å². The van der Waals surface area contributed by atoms with Gasteiger partial charge in [0, 0.05) is 16.0 Å². The first-order chi connectivity index (χ1) is 9.41. The molecule has 2 rings (SSSR count). The van der Waals surface area contributed by atoms with E-state index in [0.717, 1.165) is 11.1 Å². The lowest BCUT2D eigenvalue weighted by Crippen LogP contribution is -2.12. The molecule has 0 atom stereocenters. The maximum absolute atomic E-state index is 12.5. The third-order valence-electron chi connectivity index (χ3n) is 3.34. The van der Waals surface area contributed by atoms with Crippen molar-refractivity contribution in [1.82, 2.24) is 0 Å². The molecular formula is C18H20OS. The molecule has 0 aromatic heterocycles. The van der Waals surface area contributed by atoms with Crippen LogP contribution in [0.5, 0.6) is 0 Å². The lowest BCUT2D eigenvalue weighted by Gasteiger charge is -2.19. The van der Waals surface area contributed by atoms with Crippen LogP contribution in [0.15, 0.2) is 53.4 Å². The molecule has 0 bridgehead atoms. The van der Waals surface area contributed by atoms with Crippen LogP contribution >= 0.6 is 11.8 Å². The number of benzene rings is 2. The van der Waals surface area contributed by atoms with Crippen LogP contribution in [0.2, 0.25) is 0 Å². The van der Waals surface area contributed by atoms with Crippen molar-refractivity contribution >= 4 is 17.5 Å². The molecule has 20 heavy (non-hydrogen) atoms. The summed E-state index contributed by atoms with van der Waals surface area (Å²) in [5, 5.41) is 0. The third-order valence-corrected chi connectivity index (χ3v) is 4.09. The molecule has 0 fully saturated rings. The van der Waals surface area contributed by atoms with Crippen molar-refractivity contribution < 1.29 is 4.79 Å². The Bertz CT molecular complexity index is 606. The van der Waals surface area contributed by atoms with Crippen LogP contribution in [0.25, 0.3) is 0 Å². The summed E-state index contributed by atoms with van der Waals surface area (Å²) < 4.78 is 0. The largest absolute Gasteiger partial charge is 0.289 e. The monoisotopic (exact) mass is 284 g/mol. The van der Waals surface area contributed by atoms with Gasteiger partial charge in [0.1, 0.15) is 0 Å². The fourth-order valence-corrected chi connectivity index (χ4v) is 2.44. The fraction of sp³-hybridized carbons (Fsp3) is 0.278. The zero-order chi connectivity index (χ0) is 14.8. The number of rotatable bonds is 3. The standard InChI is InChI=1S/C18H20OS/c1-18(2,3)15-7-5-6-14(12-15)17(19)13-8-10-16(20-4)11-9-13/h5-12H,1-4H3. The molecule has 0 unspecified atom stereocenters. The Hall–Kier alpha value is -1.54. The van der Waals surface area contributed by atoms with Gasteiger partial charge in [-0.05, 0) is 47.6 Å². The maximum Gasteiger partial charge on any atom is 0.193 e. The minimum absolute atomic E-state index is 0.0546. The van der Waals surface area contributed by atoms with E-state index in [4.69, 9.17) is 0 Å².